The number of carbonyl (C=O) groups excluding carboxylic acids is 3. The van der Waals surface area contributed by atoms with E-state index in [1.54, 1.807) is 42.5 Å². The SMILES string of the molecule is CCC1=CC(C)(C)[NH+]=c2cc3c(cc21)=C(c1cc(C(=O)CCCNC(=O)c2cccc(OCC(N=[N+]=[N-])OCCOCC(=O)NCC#CC(C)C)c2)ccc1C(=O)O)c1cc2c(cc1O3)NC(C)(C)C=C2CS(=O)(=O)[O-]. The van der Waals surface area contributed by atoms with Crippen molar-refractivity contribution in [1.29, 1.82) is 0 Å². The zero-order valence-electron chi connectivity index (χ0n) is 43.4. The van der Waals surface area contributed by atoms with Crippen molar-refractivity contribution < 1.29 is 61.2 Å². The minimum Gasteiger partial charge on any atom is -0.748 e. The fraction of sp³-hybridized carbons (Fsp3) is 0.375. The molecule has 2 amide bonds. The third-order valence-electron chi connectivity index (χ3n) is 12.3. The van der Waals surface area contributed by atoms with Gasteiger partial charge in [0.25, 0.3) is 5.91 Å². The lowest BCUT2D eigenvalue weighted by molar-refractivity contribution is -0.568. The summed E-state index contributed by atoms with van der Waals surface area (Å²) in [7, 11) is -4.73. The number of azide groups is 1. The quantitative estimate of drug-likeness (QED) is 0.0111. The predicted molar refractivity (Wildman–Crippen MR) is 283 cm³/mol. The van der Waals surface area contributed by atoms with Crippen LogP contribution in [0.25, 0.3) is 27.2 Å². The van der Waals surface area contributed by atoms with Crippen LogP contribution in [0, 0.1) is 17.8 Å². The van der Waals surface area contributed by atoms with Gasteiger partial charge < -0.3 is 44.6 Å². The monoisotopic (exact) mass is 1060 g/mol. The number of carbonyl (C=O) groups is 4. The smallest absolute Gasteiger partial charge is 0.336 e. The Kier molecular flexibility index (Phi) is 17.5. The highest BCUT2D eigenvalue weighted by molar-refractivity contribution is 7.86. The Hall–Kier alpha value is -7.79. The summed E-state index contributed by atoms with van der Waals surface area (Å²) in [4.78, 5) is 58.8. The molecule has 0 spiro atoms. The molecule has 1 unspecified atom stereocenters. The Labute approximate surface area is 440 Å². The molecule has 0 saturated carbocycles. The lowest BCUT2D eigenvalue weighted by Gasteiger charge is -2.34. The van der Waals surface area contributed by atoms with Gasteiger partial charge in [0.05, 0.1) is 52.8 Å². The number of Topliss-reactive ketones (excluding diaryl/α,β-unsaturated/α-hetero) is 1. The van der Waals surface area contributed by atoms with Gasteiger partial charge in [-0.1, -0.05) is 55.9 Å². The number of ketones is 1. The third kappa shape index (κ3) is 14.3. The van der Waals surface area contributed by atoms with Gasteiger partial charge in [0.2, 0.25) is 11.3 Å². The molecular formula is C56H61N7O12S. The number of carboxylic acid groups (broad SMARTS) is 1. The highest BCUT2D eigenvalue weighted by Crippen LogP contribution is 2.45. The fourth-order valence-corrected chi connectivity index (χ4v) is 9.76. The van der Waals surface area contributed by atoms with Gasteiger partial charge in [-0.15, -0.1) is 0 Å². The van der Waals surface area contributed by atoms with Crippen LogP contribution in [-0.4, -0.2) is 104 Å². The van der Waals surface area contributed by atoms with E-state index in [1.165, 1.54) is 18.2 Å². The van der Waals surface area contributed by atoms with Gasteiger partial charge in [-0.05, 0) is 97.5 Å². The maximum absolute atomic E-state index is 14.0. The molecule has 0 radical (unpaired) electrons. The Bertz CT molecular complexity index is 3400. The number of hydrogen-bond acceptors (Lipinski definition) is 13. The average Bonchev–Trinajstić information content (AvgIpc) is 3.45. The molecule has 7 rings (SSSR count). The number of nitrogens with zero attached hydrogens (tertiary/aromatic N) is 3. The summed E-state index contributed by atoms with van der Waals surface area (Å²) >= 11 is 0. The number of allylic oxidation sites excluding steroid dienone is 1. The van der Waals surface area contributed by atoms with Gasteiger partial charge in [0.15, 0.2) is 17.6 Å². The molecule has 1 atom stereocenters. The van der Waals surface area contributed by atoms with Gasteiger partial charge in [-0.2, -0.15) is 0 Å². The summed E-state index contributed by atoms with van der Waals surface area (Å²) in [6.45, 7) is 13.7. The molecule has 5 N–H and O–H groups in total. The number of ether oxygens (including phenoxy) is 4. The highest BCUT2D eigenvalue weighted by Gasteiger charge is 2.33. The second-order valence-corrected chi connectivity index (χ2v) is 21.3. The van der Waals surface area contributed by atoms with Crippen LogP contribution in [0.3, 0.4) is 0 Å². The lowest BCUT2D eigenvalue weighted by Crippen LogP contribution is -2.89. The maximum Gasteiger partial charge on any atom is 0.336 e. The summed E-state index contributed by atoms with van der Waals surface area (Å²) in [6, 6.07) is 17.9. The second-order valence-electron chi connectivity index (χ2n) is 19.9. The van der Waals surface area contributed by atoms with E-state index < -0.39 is 39.5 Å². The Morgan fingerprint density at radius 2 is 1.72 bits per heavy atom. The van der Waals surface area contributed by atoms with Crippen LogP contribution >= 0.6 is 0 Å². The van der Waals surface area contributed by atoms with Crippen LogP contribution in [0.1, 0.15) is 121 Å². The van der Waals surface area contributed by atoms with E-state index in [-0.39, 0.29) is 103 Å². The van der Waals surface area contributed by atoms with E-state index in [9.17, 15) is 37.3 Å². The van der Waals surface area contributed by atoms with E-state index in [0.29, 0.717) is 51.3 Å². The number of rotatable bonds is 22. The molecular weight excluding hydrogens is 995 g/mol. The zero-order chi connectivity index (χ0) is 55.0. The Morgan fingerprint density at radius 3 is 2.45 bits per heavy atom. The van der Waals surface area contributed by atoms with Crippen molar-refractivity contribution in [2.45, 2.75) is 85.0 Å². The van der Waals surface area contributed by atoms with Gasteiger partial charge in [-0.3, -0.25) is 14.4 Å². The average molecular weight is 1060 g/mol. The summed E-state index contributed by atoms with van der Waals surface area (Å²) in [5.41, 5.74) is 12.5. The van der Waals surface area contributed by atoms with Gasteiger partial charge in [0, 0.05) is 88.0 Å². The van der Waals surface area contributed by atoms with Gasteiger partial charge >= 0.3 is 5.97 Å². The molecule has 76 heavy (non-hydrogen) atoms. The minimum atomic E-state index is -4.73. The molecule has 20 heteroatoms. The van der Waals surface area contributed by atoms with Crippen molar-refractivity contribution in [3.8, 4) is 29.1 Å². The molecule has 0 saturated heterocycles. The molecule has 0 fully saturated rings. The zero-order valence-corrected chi connectivity index (χ0v) is 44.2. The molecule has 3 aliphatic heterocycles. The van der Waals surface area contributed by atoms with Crippen LogP contribution in [0.15, 0.2) is 84.0 Å². The molecule has 3 heterocycles. The molecule has 0 aromatic heterocycles. The van der Waals surface area contributed by atoms with Crippen molar-refractivity contribution in [2.75, 3.05) is 50.6 Å². The second kappa shape index (κ2) is 23.8. The van der Waals surface area contributed by atoms with Gasteiger partial charge in [0.1, 0.15) is 30.5 Å². The summed E-state index contributed by atoms with van der Waals surface area (Å²) in [5.74, 6) is 3.91. The first-order valence-corrected chi connectivity index (χ1v) is 26.4. The topological polar surface area (TPSA) is 281 Å². The van der Waals surface area contributed by atoms with Crippen molar-refractivity contribution in [3.05, 3.63) is 139 Å². The van der Waals surface area contributed by atoms with E-state index in [1.807, 2.05) is 46.8 Å². The number of nitrogens with one attached hydrogen (secondary N) is 4. The van der Waals surface area contributed by atoms with Crippen LogP contribution in [-0.2, 0) is 24.4 Å². The number of anilines is 1. The van der Waals surface area contributed by atoms with E-state index in [2.05, 4.69) is 62.7 Å². The lowest BCUT2D eigenvalue weighted by atomic mass is 9.83. The van der Waals surface area contributed by atoms with Crippen LogP contribution < -0.4 is 41.0 Å². The number of fused-ring (bicyclic) bond motifs is 4. The molecule has 0 aliphatic carbocycles. The van der Waals surface area contributed by atoms with E-state index >= 15 is 0 Å². The van der Waals surface area contributed by atoms with Crippen molar-refractivity contribution in [3.63, 3.8) is 0 Å². The Balaban J connectivity index is 1.07. The summed E-state index contributed by atoms with van der Waals surface area (Å²) in [5, 5.41) is 24.5. The van der Waals surface area contributed by atoms with Crippen LogP contribution in [0.2, 0.25) is 0 Å². The summed E-state index contributed by atoms with van der Waals surface area (Å²) in [6.07, 6.45) is 3.70. The number of amides is 2. The number of benzene rings is 4. The standard InChI is InChI=1S/C56H61N7O12S/c1-8-34-28-55(4,5)60-45-26-48-43(24-40(34)45)52(44-25-41-37(32-76(69,70)71)29-56(6,7)61-46(41)27-49(44)75-48)42-23-35(16-17-39(42)54(67)68)47(64)15-11-19-59-53(66)36-13-9-14-38(22-36)74-31-51(62-63-57)73-21-20-72-30-50(65)58-18-10-12-33(2)3/h9,13-14,16-17,22-29,33,51,61H,8,11,15,18-21,30-32H2,1-7H3,(H,58,65)(H,59,66)(H,67,68)(H,69,70,71). The molecule has 19 nitrogen and oxygen atoms in total. The molecule has 4 aromatic carbocycles. The van der Waals surface area contributed by atoms with Crippen molar-refractivity contribution >= 4 is 56.1 Å². The van der Waals surface area contributed by atoms with Crippen molar-refractivity contribution in [2.24, 2.45) is 11.0 Å². The maximum atomic E-state index is 14.0. The van der Waals surface area contributed by atoms with Gasteiger partial charge in [-0.25, -0.2) is 18.2 Å². The molecule has 0 bridgehead atoms. The third-order valence-corrected chi connectivity index (χ3v) is 13.0. The normalized spacial score (nSPS) is 14.9. The van der Waals surface area contributed by atoms with Crippen LogP contribution in [0.4, 0.5) is 5.69 Å². The largest absolute Gasteiger partial charge is 0.748 e. The fourth-order valence-electron chi connectivity index (χ4n) is 9.14. The minimum absolute atomic E-state index is 0.000881. The predicted octanol–water partition coefficient (Wildman–Crippen LogP) is 5.37. The van der Waals surface area contributed by atoms with Crippen molar-refractivity contribution in [1.82, 2.24) is 10.6 Å². The number of aromatic carboxylic acids is 1. The molecule has 4 aromatic rings. The first-order valence-electron chi connectivity index (χ1n) is 24.8. The van der Waals surface area contributed by atoms with Crippen LogP contribution in [0.5, 0.6) is 17.2 Å². The first-order chi connectivity index (χ1) is 36.0. The first kappa shape index (κ1) is 55.9. The number of hydrogen-bond donors (Lipinski definition) is 5. The van der Waals surface area contributed by atoms with E-state index in [4.69, 9.17) is 24.5 Å². The Morgan fingerprint density at radius 1 is 0.934 bits per heavy atom. The molecule has 398 valence electrons. The molecule has 3 aliphatic rings. The van der Waals surface area contributed by atoms with E-state index in [0.717, 1.165) is 16.5 Å². The number of carboxylic acids is 1. The summed E-state index contributed by atoms with van der Waals surface area (Å²) < 4.78 is 60.1. The highest BCUT2D eigenvalue weighted by atomic mass is 32.2.